The molecule has 0 atom stereocenters. The Hall–Kier alpha value is -2.16. The van der Waals surface area contributed by atoms with Gasteiger partial charge in [0.15, 0.2) is 0 Å². The van der Waals surface area contributed by atoms with Crippen molar-refractivity contribution < 1.29 is 14.8 Å². The summed E-state index contributed by atoms with van der Waals surface area (Å²) in [6.45, 7) is 0. The van der Waals surface area contributed by atoms with Crippen molar-refractivity contribution in [3.05, 3.63) is 32.3 Å². The minimum atomic E-state index is -0.884. The fourth-order valence-corrected chi connectivity index (χ4v) is 1.44. The van der Waals surface area contributed by atoms with E-state index in [4.69, 9.17) is 5.73 Å². The second kappa shape index (κ2) is 5.25. The fourth-order valence-electron chi connectivity index (χ4n) is 0.975. The normalized spacial score (nSPS) is 10.4. The van der Waals surface area contributed by atoms with Crippen molar-refractivity contribution in [1.82, 2.24) is 5.43 Å². The fraction of sp³-hybridized carbons (Fsp3) is 0. The lowest BCUT2D eigenvalue weighted by Crippen LogP contribution is -2.24. The van der Waals surface area contributed by atoms with Crippen LogP contribution in [0.25, 0.3) is 0 Å². The van der Waals surface area contributed by atoms with Crippen molar-refractivity contribution in [1.29, 1.82) is 0 Å². The summed E-state index contributed by atoms with van der Waals surface area (Å²) in [5.41, 5.74) is 6.50. The zero-order valence-electron chi connectivity index (χ0n) is 8.25. The van der Waals surface area contributed by atoms with Gasteiger partial charge >= 0.3 is 6.03 Å². The lowest BCUT2D eigenvalue weighted by Gasteiger charge is -2.01. The summed E-state index contributed by atoms with van der Waals surface area (Å²) in [5, 5.41) is 23.5. The summed E-state index contributed by atoms with van der Waals surface area (Å²) >= 11 is 2.96. The highest BCUT2D eigenvalue weighted by Gasteiger charge is 2.13. The number of aromatic hydroxyl groups is 1. The van der Waals surface area contributed by atoms with E-state index in [2.05, 4.69) is 21.0 Å². The van der Waals surface area contributed by atoms with Gasteiger partial charge in [-0.3, -0.25) is 10.1 Å². The molecule has 1 aromatic carbocycles. The predicted molar refractivity (Wildman–Crippen MR) is 62.8 cm³/mol. The van der Waals surface area contributed by atoms with Crippen molar-refractivity contribution in [3.63, 3.8) is 0 Å². The minimum Gasteiger partial charge on any atom is -0.506 e. The van der Waals surface area contributed by atoms with E-state index in [-0.39, 0.29) is 21.5 Å². The van der Waals surface area contributed by atoms with Crippen LogP contribution in [0, 0.1) is 10.1 Å². The molecular formula is C8H7BrN4O4. The average molecular weight is 303 g/mol. The number of phenolic OH excluding ortho intramolecular Hbond substituents is 1. The summed E-state index contributed by atoms with van der Waals surface area (Å²) in [4.78, 5) is 20.3. The van der Waals surface area contributed by atoms with Crippen LogP contribution in [0.1, 0.15) is 5.56 Å². The maximum absolute atomic E-state index is 10.6. The molecule has 0 aromatic heterocycles. The maximum Gasteiger partial charge on any atom is 0.332 e. The number of hydrazone groups is 1. The number of rotatable bonds is 3. The van der Waals surface area contributed by atoms with Gasteiger partial charge in [0, 0.05) is 17.7 Å². The van der Waals surface area contributed by atoms with Gasteiger partial charge in [0.05, 0.1) is 15.6 Å². The molecule has 90 valence electrons. The molecule has 1 rings (SSSR count). The molecule has 0 fully saturated rings. The van der Waals surface area contributed by atoms with E-state index < -0.39 is 11.0 Å². The van der Waals surface area contributed by atoms with E-state index >= 15 is 0 Å². The molecule has 0 spiro atoms. The zero-order valence-corrected chi connectivity index (χ0v) is 9.84. The maximum atomic E-state index is 10.6. The van der Waals surface area contributed by atoms with Crippen LogP contribution in [0.15, 0.2) is 21.7 Å². The van der Waals surface area contributed by atoms with E-state index in [0.29, 0.717) is 0 Å². The summed E-state index contributed by atoms with van der Waals surface area (Å²) in [6.07, 6.45) is 1.04. The monoisotopic (exact) mass is 302 g/mol. The largest absolute Gasteiger partial charge is 0.506 e. The van der Waals surface area contributed by atoms with Crippen LogP contribution in [0.2, 0.25) is 0 Å². The Morgan fingerprint density at radius 3 is 2.82 bits per heavy atom. The SMILES string of the molecule is NC(=O)N/N=C\c1cc([N+](=O)[O-])cc(Br)c1O. The van der Waals surface area contributed by atoms with E-state index in [0.717, 1.165) is 18.3 Å². The number of carbonyl (C=O) groups is 1. The third-order valence-corrected chi connectivity index (χ3v) is 2.27. The highest BCUT2D eigenvalue weighted by Crippen LogP contribution is 2.31. The van der Waals surface area contributed by atoms with Gasteiger partial charge in [-0.1, -0.05) is 0 Å². The molecule has 9 heteroatoms. The first-order valence-corrected chi connectivity index (χ1v) is 4.96. The molecule has 0 radical (unpaired) electrons. The predicted octanol–water partition coefficient (Wildman–Crippen LogP) is 1.07. The van der Waals surface area contributed by atoms with Crippen molar-refractivity contribution in [2.75, 3.05) is 0 Å². The summed E-state index contributed by atoms with van der Waals surface area (Å²) in [6, 6.07) is 1.37. The van der Waals surface area contributed by atoms with Crippen molar-refractivity contribution in [2.45, 2.75) is 0 Å². The number of non-ortho nitro benzene ring substituents is 1. The van der Waals surface area contributed by atoms with E-state index in [1.54, 1.807) is 0 Å². The summed E-state index contributed by atoms with van der Waals surface area (Å²) in [5.74, 6) is -0.231. The minimum absolute atomic E-state index is 0.0693. The number of primary amides is 1. The van der Waals surface area contributed by atoms with Gasteiger partial charge in [0.1, 0.15) is 5.75 Å². The molecule has 0 bridgehead atoms. The van der Waals surface area contributed by atoms with E-state index in [1.807, 2.05) is 5.43 Å². The number of hydrogen-bond donors (Lipinski definition) is 3. The highest BCUT2D eigenvalue weighted by atomic mass is 79.9. The third kappa shape index (κ3) is 3.41. The van der Waals surface area contributed by atoms with Crippen LogP contribution in [0.5, 0.6) is 5.75 Å². The third-order valence-electron chi connectivity index (χ3n) is 1.67. The van der Waals surface area contributed by atoms with E-state index in [1.165, 1.54) is 0 Å². The van der Waals surface area contributed by atoms with Gasteiger partial charge in [-0.25, -0.2) is 10.2 Å². The number of carbonyl (C=O) groups excluding carboxylic acids is 1. The number of nitrogens with two attached hydrogens (primary N) is 1. The zero-order chi connectivity index (χ0) is 13.0. The van der Waals surface area contributed by atoms with Crippen LogP contribution >= 0.6 is 15.9 Å². The number of nitro benzene ring substituents is 1. The Morgan fingerprint density at radius 1 is 1.65 bits per heavy atom. The molecular weight excluding hydrogens is 296 g/mol. The van der Waals surface area contributed by atoms with Crippen LogP contribution in [-0.2, 0) is 0 Å². The van der Waals surface area contributed by atoms with Gasteiger partial charge in [-0.2, -0.15) is 5.10 Å². The molecule has 0 saturated carbocycles. The van der Waals surface area contributed by atoms with Crippen LogP contribution in [0.3, 0.4) is 0 Å². The lowest BCUT2D eigenvalue weighted by atomic mass is 10.2. The van der Waals surface area contributed by atoms with Gasteiger partial charge in [-0.15, -0.1) is 0 Å². The van der Waals surface area contributed by atoms with Gasteiger partial charge in [0.2, 0.25) is 0 Å². The Labute approximate surface area is 103 Å². The smallest absolute Gasteiger partial charge is 0.332 e. The van der Waals surface area contributed by atoms with Crippen molar-refractivity contribution >= 4 is 33.9 Å². The van der Waals surface area contributed by atoms with E-state index in [9.17, 15) is 20.0 Å². The molecule has 0 aliphatic heterocycles. The Balaban J connectivity index is 3.09. The number of urea groups is 1. The Morgan fingerprint density at radius 2 is 2.29 bits per heavy atom. The van der Waals surface area contributed by atoms with Crippen LogP contribution in [-0.4, -0.2) is 22.3 Å². The Kier molecular flexibility index (Phi) is 3.99. The molecule has 0 unspecified atom stereocenters. The van der Waals surface area contributed by atoms with Gasteiger partial charge < -0.3 is 10.8 Å². The number of phenols is 1. The topological polar surface area (TPSA) is 131 Å². The van der Waals surface area contributed by atoms with Crippen LogP contribution in [0.4, 0.5) is 10.5 Å². The first-order valence-electron chi connectivity index (χ1n) is 4.17. The second-order valence-electron chi connectivity index (χ2n) is 2.86. The number of nitrogens with one attached hydrogen (secondary N) is 1. The molecule has 0 saturated heterocycles. The second-order valence-corrected chi connectivity index (χ2v) is 3.71. The molecule has 0 aliphatic carbocycles. The van der Waals surface area contributed by atoms with Gasteiger partial charge in [0.25, 0.3) is 5.69 Å². The summed E-state index contributed by atoms with van der Waals surface area (Å²) < 4.78 is 0.146. The lowest BCUT2D eigenvalue weighted by molar-refractivity contribution is -0.385. The highest BCUT2D eigenvalue weighted by molar-refractivity contribution is 9.10. The molecule has 17 heavy (non-hydrogen) atoms. The first kappa shape index (κ1) is 12.9. The Bertz CT molecular complexity index is 503. The van der Waals surface area contributed by atoms with Gasteiger partial charge in [-0.05, 0) is 15.9 Å². The molecule has 0 aliphatic rings. The molecule has 1 aromatic rings. The number of halogens is 1. The van der Waals surface area contributed by atoms with Crippen molar-refractivity contribution in [2.24, 2.45) is 10.8 Å². The first-order chi connectivity index (χ1) is 7.91. The standard InChI is InChI=1S/C8H7BrN4O4/c9-6-2-5(13(16)17)1-4(7(6)14)3-11-12-8(10)15/h1-3,14H,(H3,10,12,15)/b11-3-. The number of nitrogens with zero attached hydrogens (tertiary/aromatic N) is 2. The quantitative estimate of drug-likeness (QED) is 0.437. The molecule has 8 nitrogen and oxygen atoms in total. The molecule has 4 N–H and O–H groups in total. The summed E-state index contributed by atoms with van der Waals surface area (Å²) in [7, 11) is 0. The van der Waals surface area contributed by atoms with Crippen molar-refractivity contribution in [3.8, 4) is 5.75 Å². The average Bonchev–Trinajstić information content (AvgIpc) is 2.23. The molecule has 0 heterocycles. The number of benzene rings is 1. The van der Waals surface area contributed by atoms with Crippen LogP contribution < -0.4 is 11.2 Å². The number of amides is 2. The molecule has 2 amide bonds. The number of nitro groups is 1. The number of hydrogen-bond acceptors (Lipinski definition) is 5.